The number of anilines is 1. The average Bonchev–Trinajstić information content (AvgIpc) is 3.08. The van der Waals surface area contributed by atoms with Crippen LogP contribution in [0.15, 0.2) is 70.0 Å². The van der Waals surface area contributed by atoms with Crippen molar-refractivity contribution in [3.05, 3.63) is 92.0 Å². The third-order valence-electron chi connectivity index (χ3n) is 4.82. The van der Waals surface area contributed by atoms with Crippen LogP contribution in [0.5, 0.6) is 11.5 Å². The highest BCUT2D eigenvalue weighted by Gasteiger charge is 2.36. The predicted molar refractivity (Wildman–Crippen MR) is 136 cm³/mol. The van der Waals surface area contributed by atoms with Crippen molar-refractivity contribution < 1.29 is 23.5 Å². The first-order valence-electron chi connectivity index (χ1n) is 10.2. The summed E-state index contributed by atoms with van der Waals surface area (Å²) in [5.41, 5.74) is 1.87. The number of ether oxygens (including phenoxy) is 2. The molecule has 1 aliphatic heterocycles. The Labute approximate surface area is 213 Å². The number of imide groups is 1. The van der Waals surface area contributed by atoms with Gasteiger partial charge in [-0.25, -0.2) is 9.29 Å². The molecule has 1 saturated heterocycles. The Morgan fingerprint density at radius 3 is 2.50 bits per heavy atom. The van der Waals surface area contributed by atoms with Crippen LogP contribution in [0.3, 0.4) is 0 Å². The molecule has 0 aromatic heterocycles. The minimum Gasteiger partial charge on any atom is -0.490 e. The molecule has 1 fully saturated rings. The molecule has 0 saturated carbocycles. The van der Waals surface area contributed by atoms with E-state index in [1.165, 1.54) is 12.1 Å². The number of benzene rings is 3. The van der Waals surface area contributed by atoms with Gasteiger partial charge in [0.25, 0.3) is 11.1 Å². The summed E-state index contributed by atoms with van der Waals surface area (Å²) >= 11 is 10.4. The van der Waals surface area contributed by atoms with Crippen LogP contribution < -0.4 is 14.4 Å². The summed E-state index contributed by atoms with van der Waals surface area (Å²) in [5, 5.41) is 0.0276. The Morgan fingerprint density at radius 2 is 1.79 bits per heavy atom. The van der Waals surface area contributed by atoms with Gasteiger partial charge in [0.2, 0.25) is 0 Å². The van der Waals surface area contributed by atoms with Gasteiger partial charge in [-0.15, -0.1) is 0 Å². The van der Waals surface area contributed by atoms with Gasteiger partial charge in [0.1, 0.15) is 12.4 Å². The number of carbonyl (C=O) groups is 2. The number of nitrogens with zero attached hydrogens (tertiary/aromatic N) is 1. The van der Waals surface area contributed by atoms with Crippen molar-refractivity contribution in [2.75, 3.05) is 11.5 Å². The van der Waals surface area contributed by atoms with Gasteiger partial charge in [-0.2, -0.15) is 0 Å². The molecule has 5 nitrogen and oxygen atoms in total. The first-order valence-corrected chi connectivity index (χ1v) is 12.2. The zero-order valence-electron chi connectivity index (χ0n) is 17.9. The number of carbonyl (C=O) groups excluding carboxylic acids is 2. The zero-order chi connectivity index (χ0) is 24.2. The van der Waals surface area contributed by atoms with Gasteiger partial charge in [0.05, 0.1) is 17.2 Å². The number of amides is 2. The molecular weight excluding hydrogens is 545 g/mol. The van der Waals surface area contributed by atoms with E-state index in [4.69, 9.17) is 21.1 Å². The summed E-state index contributed by atoms with van der Waals surface area (Å²) in [6, 6.07) is 16.1. The van der Waals surface area contributed by atoms with E-state index in [9.17, 15) is 14.0 Å². The molecule has 0 radical (unpaired) electrons. The van der Waals surface area contributed by atoms with Crippen molar-refractivity contribution in [3.8, 4) is 11.5 Å². The van der Waals surface area contributed by atoms with E-state index in [1.807, 2.05) is 6.92 Å². The maximum absolute atomic E-state index is 13.1. The molecule has 3 aromatic rings. The lowest BCUT2D eigenvalue weighted by atomic mass is 10.1. The van der Waals surface area contributed by atoms with Gasteiger partial charge in [0.15, 0.2) is 11.5 Å². The molecule has 0 spiro atoms. The topological polar surface area (TPSA) is 55.8 Å². The van der Waals surface area contributed by atoms with Crippen LogP contribution in [0.1, 0.15) is 18.1 Å². The molecule has 9 heteroatoms. The number of hydrogen-bond donors (Lipinski definition) is 0. The number of thioether (sulfide) groups is 1. The maximum Gasteiger partial charge on any atom is 0.298 e. The molecule has 0 atom stereocenters. The van der Waals surface area contributed by atoms with Crippen LogP contribution in [0.2, 0.25) is 5.02 Å². The van der Waals surface area contributed by atoms with Gasteiger partial charge in [-0.1, -0.05) is 45.7 Å². The van der Waals surface area contributed by atoms with E-state index >= 15 is 0 Å². The molecular formula is C25H18BrClFNO4S. The molecule has 0 N–H and O–H groups in total. The standard InChI is InChI=1S/C25H18BrClFNO4S/c1-2-32-21-10-16(20(26)13-22(21)33-14-15-6-8-18(28)9-7-15)11-23-24(30)29(25(31)34-23)19-5-3-4-17(27)12-19/h3-13H,2,14H2,1H3/b23-11+. The molecule has 0 bridgehead atoms. The molecule has 174 valence electrons. The SMILES string of the molecule is CCOc1cc(/C=C2/SC(=O)N(c3cccc(Cl)c3)C2=O)c(Br)cc1OCc1ccc(F)cc1. The number of hydrogen-bond acceptors (Lipinski definition) is 5. The van der Waals surface area contributed by atoms with Gasteiger partial charge in [0, 0.05) is 9.50 Å². The molecule has 2 amide bonds. The van der Waals surface area contributed by atoms with E-state index in [1.54, 1.807) is 54.6 Å². The lowest BCUT2D eigenvalue weighted by molar-refractivity contribution is -0.113. The summed E-state index contributed by atoms with van der Waals surface area (Å²) in [4.78, 5) is 26.9. The Bertz CT molecular complexity index is 1280. The molecule has 3 aromatic carbocycles. The minimum absolute atomic E-state index is 0.227. The monoisotopic (exact) mass is 561 g/mol. The lowest BCUT2D eigenvalue weighted by Crippen LogP contribution is -2.27. The van der Waals surface area contributed by atoms with Gasteiger partial charge >= 0.3 is 0 Å². The number of halogens is 3. The fraction of sp³-hybridized carbons (Fsp3) is 0.120. The van der Waals surface area contributed by atoms with E-state index in [0.29, 0.717) is 38.9 Å². The second-order valence-electron chi connectivity index (χ2n) is 7.17. The zero-order valence-corrected chi connectivity index (χ0v) is 21.0. The highest BCUT2D eigenvalue weighted by Crippen LogP contribution is 2.40. The first kappa shape index (κ1) is 24.3. The lowest BCUT2D eigenvalue weighted by Gasteiger charge is -2.14. The Morgan fingerprint density at radius 1 is 1.06 bits per heavy atom. The summed E-state index contributed by atoms with van der Waals surface area (Å²) < 4.78 is 25.4. The van der Waals surface area contributed by atoms with Crippen molar-refractivity contribution in [3.63, 3.8) is 0 Å². The van der Waals surface area contributed by atoms with Gasteiger partial charge in [-0.3, -0.25) is 9.59 Å². The summed E-state index contributed by atoms with van der Waals surface area (Å²) in [7, 11) is 0. The average molecular weight is 563 g/mol. The van der Waals surface area contributed by atoms with E-state index < -0.39 is 11.1 Å². The van der Waals surface area contributed by atoms with Crippen molar-refractivity contribution in [1.29, 1.82) is 0 Å². The van der Waals surface area contributed by atoms with Crippen molar-refractivity contribution in [1.82, 2.24) is 0 Å². The van der Waals surface area contributed by atoms with Gasteiger partial charge < -0.3 is 9.47 Å². The Balaban J connectivity index is 1.60. The van der Waals surface area contributed by atoms with Gasteiger partial charge in [-0.05, 0) is 78.4 Å². The quantitative estimate of drug-likeness (QED) is 0.280. The third-order valence-corrected chi connectivity index (χ3v) is 6.61. The molecule has 1 aliphatic rings. The molecule has 4 rings (SSSR count). The van der Waals surface area contributed by atoms with E-state index in [2.05, 4.69) is 15.9 Å². The molecule has 0 aliphatic carbocycles. The maximum atomic E-state index is 13.1. The second kappa shape index (κ2) is 10.6. The predicted octanol–water partition coefficient (Wildman–Crippen LogP) is 7.46. The smallest absolute Gasteiger partial charge is 0.298 e. The largest absolute Gasteiger partial charge is 0.490 e. The molecule has 1 heterocycles. The normalized spacial score (nSPS) is 14.7. The summed E-state index contributed by atoms with van der Waals surface area (Å²) in [5.74, 6) is 0.222. The van der Waals surface area contributed by atoms with Crippen LogP contribution in [0.25, 0.3) is 6.08 Å². The number of rotatable bonds is 7. The van der Waals surface area contributed by atoms with Crippen LogP contribution in [0.4, 0.5) is 14.9 Å². The fourth-order valence-electron chi connectivity index (χ4n) is 3.23. The van der Waals surface area contributed by atoms with E-state index in [0.717, 1.165) is 22.2 Å². The van der Waals surface area contributed by atoms with Crippen LogP contribution in [0, 0.1) is 5.82 Å². The highest BCUT2D eigenvalue weighted by molar-refractivity contribution is 9.10. The second-order valence-corrected chi connectivity index (χ2v) is 9.45. The molecule has 0 unspecified atom stereocenters. The highest BCUT2D eigenvalue weighted by atomic mass is 79.9. The van der Waals surface area contributed by atoms with E-state index in [-0.39, 0.29) is 17.3 Å². The Kier molecular flexibility index (Phi) is 7.60. The van der Waals surface area contributed by atoms with Crippen molar-refractivity contribution in [2.45, 2.75) is 13.5 Å². The first-order chi connectivity index (χ1) is 16.4. The summed E-state index contributed by atoms with van der Waals surface area (Å²) in [6.45, 7) is 2.48. The minimum atomic E-state index is -0.432. The van der Waals surface area contributed by atoms with Crippen molar-refractivity contribution >= 4 is 62.2 Å². The molecule has 34 heavy (non-hydrogen) atoms. The summed E-state index contributed by atoms with van der Waals surface area (Å²) in [6.07, 6.45) is 1.63. The van der Waals surface area contributed by atoms with Crippen LogP contribution in [-0.2, 0) is 11.4 Å². The van der Waals surface area contributed by atoms with Crippen LogP contribution in [-0.4, -0.2) is 17.8 Å². The fourth-order valence-corrected chi connectivity index (χ4v) is 4.68. The Hall–Kier alpha value is -2.81. The van der Waals surface area contributed by atoms with Crippen LogP contribution >= 0.6 is 39.3 Å². The van der Waals surface area contributed by atoms with Crippen molar-refractivity contribution in [2.24, 2.45) is 0 Å². The third kappa shape index (κ3) is 5.46.